The number of hydrogen-bond donors (Lipinski definition) is 2. The maximum Gasteiger partial charge on any atom is 0.193 e. The van der Waals surface area contributed by atoms with Gasteiger partial charge in [0, 0.05) is 38.8 Å². The average Bonchev–Trinajstić information content (AvgIpc) is 3.36. The zero-order valence-corrected chi connectivity index (χ0v) is 16.7. The van der Waals surface area contributed by atoms with Gasteiger partial charge in [-0.3, -0.25) is 4.99 Å². The zero-order valence-electron chi connectivity index (χ0n) is 16.7. The second-order valence-electron chi connectivity index (χ2n) is 8.42. The Morgan fingerprint density at radius 1 is 1.15 bits per heavy atom. The molecule has 1 aromatic rings. The minimum atomic E-state index is 0.423. The third-order valence-corrected chi connectivity index (χ3v) is 6.56. The van der Waals surface area contributed by atoms with E-state index in [-0.39, 0.29) is 0 Å². The molecular weight excluding hydrogens is 336 g/mol. The van der Waals surface area contributed by atoms with Crippen LogP contribution in [0.2, 0.25) is 0 Å². The first-order valence-electron chi connectivity index (χ1n) is 10.7. The molecule has 5 heteroatoms. The molecule has 5 nitrogen and oxygen atoms in total. The Morgan fingerprint density at radius 3 is 2.78 bits per heavy atom. The minimum Gasteiger partial charge on any atom is -0.508 e. The van der Waals surface area contributed by atoms with Gasteiger partial charge in [0.1, 0.15) is 5.75 Å². The number of phenols is 1. The summed E-state index contributed by atoms with van der Waals surface area (Å²) in [5.41, 5.74) is 3.84. The molecule has 1 aromatic carbocycles. The SMILES string of the molecule is CN=C(NCc1c(O)ccc2c1CCCC2)N1CCC(CN2CCCC2)C1. The van der Waals surface area contributed by atoms with Gasteiger partial charge in [0.05, 0.1) is 0 Å². The quantitative estimate of drug-likeness (QED) is 0.632. The molecule has 2 fully saturated rings. The van der Waals surface area contributed by atoms with Crippen molar-refractivity contribution in [2.45, 2.75) is 51.5 Å². The molecule has 2 saturated heterocycles. The molecule has 0 spiro atoms. The van der Waals surface area contributed by atoms with E-state index in [0.717, 1.165) is 43.4 Å². The number of phenolic OH excluding ortho intramolecular Hbond substituents is 1. The van der Waals surface area contributed by atoms with Crippen molar-refractivity contribution in [2.75, 3.05) is 39.8 Å². The van der Waals surface area contributed by atoms with Gasteiger partial charge < -0.3 is 20.2 Å². The number of nitrogens with one attached hydrogen (secondary N) is 1. The molecule has 1 aliphatic carbocycles. The van der Waals surface area contributed by atoms with Crippen molar-refractivity contribution in [1.82, 2.24) is 15.1 Å². The average molecular weight is 371 g/mol. The highest BCUT2D eigenvalue weighted by Gasteiger charge is 2.27. The molecule has 148 valence electrons. The number of benzene rings is 1. The van der Waals surface area contributed by atoms with Gasteiger partial charge in [0.25, 0.3) is 0 Å². The van der Waals surface area contributed by atoms with E-state index < -0.39 is 0 Å². The van der Waals surface area contributed by atoms with Crippen LogP contribution < -0.4 is 5.32 Å². The Balaban J connectivity index is 1.36. The molecule has 0 amide bonds. The topological polar surface area (TPSA) is 51.1 Å². The molecule has 0 saturated carbocycles. The maximum atomic E-state index is 10.4. The summed E-state index contributed by atoms with van der Waals surface area (Å²) in [5, 5.41) is 14.0. The summed E-state index contributed by atoms with van der Waals surface area (Å²) >= 11 is 0. The summed E-state index contributed by atoms with van der Waals surface area (Å²) in [4.78, 5) is 9.55. The molecule has 0 aromatic heterocycles. The molecule has 27 heavy (non-hydrogen) atoms. The zero-order chi connectivity index (χ0) is 18.6. The fraction of sp³-hybridized carbons (Fsp3) is 0.682. The van der Waals surface area contributed by atoms with Gasteiger partial charge in [0.2, 0.25) is 0 Å². The van der Waals surface area contributed by atoms with Crippen LogP contribution in [0, 0.1) is 5.92 Å². The van der Waals surface area contributed by atoms with Gasteiger partial charge in [0.15, 0.2) is 5.96 Å². The standard InChI is InChI=1S/C22H34N4O/c1-23-22(26-13-10-17(16-26)15-25-11-4-5-12-25)24-14-20-19-7-3-2-6-18(19)8-9-21(20)27/h8-9,17,27H,2-7,10-16H2,1H3,(H,23,24). The van der Waals surface area contributed by atoms with Gasteiger partial charge in [-0.05, 0) is 81.1 Å². The summed E-state index contributed by atoms with van der Waals surface area (Å²) in [6, 6.07) is 3.97. The maximum absolute atomic E-state index is 10.4. The van der Waals surface area contributed by atoms with Gasteiger partial charge in [-0.15, -0.1) is 0 Å². The monoisotopic (exact) mass is 370 g/mol. The van der Waals surface area contributed by atoms with Crippen LogP contribution in [0.1, 0.15) is 48.8 Å². The third-order valence-electron chi connectivity index (χ3n) is 6.56. The number of aliphatic imine (C=N–C) groups is 1. The Morgan fingerprint density at radius 2 is 1.96 bits per heavy atom. The number of guanidine groups is 1. The Bertz CT molecular complexity index is 681. The van der Waals surface area contributed by atoms with E-state index in [1.807, 2.05) is 13.1 Å². The molecule has 1 unspecified atom stereocenters. The van der Waals surface area contributed by atoms with Gasteiger partial charge >= 0.3 is 0 Å². The van der Waals surface area contributed by atoms with E-state index in [0.29, 0.717) is 12.3 Å². The molecule has 0 bridgehead atoms. The molecule has 4 rings (SSSR count). The lowest BCUT2D eigenvalue weighted by molar-refractivity contribution is 0.281. The summed E-state index contributed by atoms with van der Waals surface area (Å²) in [6.07, 6.45) is 8.70. The van der Waals surface area contributed by atoms with E-state index >= 15 is 0 Å². The van der Waals surface area contributed by atoms with Crippen molar-refractivity contribution in [3.05, 3.63) is 28.8 Å². The van der Waals surface area contributed by atoms with Crippen LogP contribution in [0.4, 0.5) is 0 Å². The number of aromatic hydroxyl groups is 1. The van der Waals surface area contributed by atoms with E-state index in [1.165, 1.54) is 62.9 Å². The van der Waals surface area contributed by atoms with E-state index in [1.54, 1.807) is 0 Å². The molecule has 2 N–H and O–H groups in total. The number of rotatable bonds is 4. The lowest BCUT2D eigenvalue weighted by atomic mass is 9.88. The highest BCUT2D eigenvalue weighted by Crippen LogP contribution is 2.30. The number of likely N-dealkylation sites (tertiary alicyclic amines) is 2. The smallest absolute Gasteiger partial charge is 0.193 e. The summed E-state index contributed by atoms with van der Waals surface area (Å²) in [7, 11) is 1.87. The van der Waals surface area contributed by atoms with Crippen LogP contribution in [0.3, 0.4) is 0 Å². The van der Waals surface area contributed by atoms with Crippen LogP contribution in [0.25, 0.3) is 0 Å². The third kappa shape index (κ3) is 4.23. The van der Waals surface area contributed by atoms with Crippen molar-refractivity contribution in [3.63, 3.8) is 0 Å². The van der Waals surface area contributed by atoms with Crippen LogP contribution in [0.5, 0.6) is 5.75 Å². The van der Waals surface area contributed by atoms with Crippen molar-refractivity contribution in [3.8, 4) is 5.75 Å². The van der Waals surface area contributed by atoms with Crippen molar-refractivity contribution >= 4 is 5.96 Å². The second-order valence-corrected chi connectivity index (χ2v) is 8.42. The van der Waals surface area contributed by atoms with Crippen LogP contribution >= 0.6 is 0 Å². The van der Waals surface area contributed by atoms with Gasteiger partial charge in [-0.2, -0.15) is 0 Å². The van der Waals surface area contributed by atoms with Crippen LogP contribution in [-0.4, -0.2) is 60.6 Å². The Kier molecular flexibility index (Phi) is 5.86. The molecule has 2 heterocycles. The minimum absolute atomic E-state index is 0.423. The predicted octanol–water partition coefficient (Wildman–Crippen LogP) is 2.76. The van der Waals surface area contributed by atoms with E-state index in [9.17, 15) is 5.11 Å². The predicted molar refractivity (Wildman–Crippen MR) is 110 cm³/mol. The highest BCUT2D eigenvalue weighted by atomic mass is 16.3. The van der Waals surface area contributed by atoms with Crippen molar-refractivity contribution < 1.29 is 5.11 Å². The lowest BCUT2D eigenvalue weighted by Crippen LogP contribution is -2.40. The van der Waals surface area contributed by atoms with E-state index in [4.69, 9.17) is 0 Å². The lowest BCUT2D eigenvalue weighted by Gasteiger charge is -2.25. The summed E-state index contributed by atoms with van der Waals surface area (Å²) < 4.78 is 0. The number of hydrogen-bond acceptors (Lipinski definition) is 3. The highest BCUT2D eigenvalue weighted by molar-refractivity contribution is 5.80. The van der Waals surface area contributed by atoms with Crippen molar-refractivity contribution in [1.29, 1.82) is 0 Å². The molecular formula is C22H34N4O. The fourth-order valence-corrected chi connectivity index (χ4v) is 5.09. The largest absolute Gasteiger partial charge is 0.508 e. The van der Waals surface area contributed by atoms with Crippen LogP contribution in [-0.2, 0) is 19.4 Å². The molecule has 0 radical (unpaired) electrons. The molecule has 3 aliphatic rings. The summed E-state index contributed by atoms with van der Waals surface area (Å²) in [6.45, 7) is 6.63. The fourth-order valence-electron chi connectivity index (χ4n) is 5.09. The first-order valence-corrected chi connectivity index (χ1v) is 10.7. The number of fused-ring (bicyclic) bond motifs is 1. The van der Waals surface area contributed by atoms with Crippen molar-refractivity contribution in [2.24, 2.45) is 10.9 Å². The van der Waals surface area contributed by atoms with Crippen LogP contribution in [0.15, 0.2) is 17.1 Å². The normalized spacial score (nSPS) is 23.7. The second kappa shape index (κ2) is 8.51. The molecule has 1 atom stereocenters. The van der Waals surface area contributed by atoms with E-state index in [2.05, 4.69) is 26.2 Å². The Labute approximate surface area is 163 Å². The number of nitrogens with zero attached hydrogens (tertiary/aromatic N) is 3. The summed E-state index contributed by atoms with van der Waals surface area (Å²) in [5.74, 6) is 2.15. The molecule has 2 aliphatic heterocycles. The van der Waals surface area contributed by atoms with Gasteiger partial charge in [-0.25, -0.2) is 0 Å². The first-order chi connectivity index (χ1) is 13.2. The first kappa shape index (κ1) is 18.6. The van der Waals surface area contributed by atoms with Gasteiger partial charge in [-0.1, -0.05) is 6.07 Å². The Hall–Kier alpha value is -1.75. The number of aryl methyl sites for hydroxylation is 1.